The minimum Gasteiger partial charge on any atom is -0.506 e. The highest BCUT2D eigenvalue weighted by molar-refractivity contribution is 6.74. The molecule has 6 aliphatic heterocycles. The molecule has 7 aliphatic rings. The van der Waals surface area contributed by atoms with E-state index >= 15 is 0 Å². The number of methoxy groups -OCH3 is 2. The van der Waals surface area contributed by atoms with Crippen LogP contribution >= 0.6 is 0 Å². The number of esters is 1. The molecule has 0 aromatic heterocycles. The van der Waals surface area contributed by atoms with Crippen LogP contribution in [0.15, 0.2) is 6.07 Å². The molecule has 17 nitrogen and oxygen atoms in total. The number of epoxide rings is 1. The predicted octanol–water partition coefficient (Wildman–Crippen LogP) is 5.31. The lowest BCUT2D eigenvalue weighted by atomic mass is 9.76. The first-order valence-electron chi connectivity index (χ1n) is 20.5. The molecule has 0 amide bonds. The van der Waals surface area contributed by atoms with Crippen LogP contribution in [0.2, 0.25) is 18.1 Å². The lowest BCUT2D eigenvalue weighted by Crippen LogP contribution is -2.72. The number of cyclic esters (lactones) is 1. The number of aliphatic hydroxyl groups is 1. The zero-order chi connectivity index (χ0) is 43.4. The van der Waals surface area contributed by atoms with Gasteiger partial charge in [-0.2, -0.15) is 0 Å². The van der Waals surface area contributed by atoms with Crippen molar-refractivity contribution >= 4 is 37.0 Å². The van der Waals surface area contributed by atoms with Crippen molar-refractivity contribution in [3.63, 3.8) is 0 Å². The fourth-order valence-electron chi connectivity index (χ4n) is 10.4. The number of benzene rings is 2. The smallest absolute Gasteiger partial charge is 0.506 e. The van der Waals surface area contributed by atoms with E-state index < -0.39 is 110 Å². The standard InChI is InChI=1S/C42H54O17Si/c1-17-13-22-28(32(46)30-29(33(22)49-10)23(44)14-24(31(30)45)59-60(11,12)38(6,7)8)34-27(17)35-36-42(55-34,39(16-50-39)41(56-35,57-36)20(4)48-9)54-26-15-25(53-21(5)43)40(18(2)51-26)19(3)52-37(47)58-40/h13,18-20,23-26,35-36,44,46H,14-16H2,1-12H3/t18?,19-,20?,23+,24+,25?,26?,35?,36?,39-,40?,41?,42-/m1/s1. The van der Waals surface area contributed by atoms with Crippen molar-refractivity contribution in [2.75, 3.05) is 20.8 Å². The zero-order valence-corrected chi connectivity index (χ0v) is 36.9. The SMILES string of the molecule is COc1c2c(c(O)c3c4c(c(C)cc13)C1OC3(C(C)OC)OC1[C@@](OC1CC(OC(C)=O)C5(OC(=O)O[C@@H]5C)C(C)O1)(O4)[C@@]31CO1)C(=O)[C@@H](O[Si](C)(C)C(C)(C)C)C[C@@H]2O. The Labute approximate surface area is 348 Å². The van der Waals surface area contributed by atoms with Gasteiger partial charge in [0.2, 0.25) is 17.0 Å². The monoisotopic (exact) mass is 858 g/mol. The number of ketones is 1. The molecular formula is C42H54O17Si. The number of rotatable bonds is 8. The normalized spacial score (nSPS) is 39.3. The Balaban J connectivity index is 1.21. The quantitative estimate of drug-likeness (QED) is 0.196. The number of carbonyl (C=O) groups is 3. The molecule has 18 heteroatoms. The van der Waals surface area contributed by atoms with Gasteiger partial charge in [0.25, 0.3) is 5.79 Å². The van der Waals surface area contributed by atoms with E-state index in [4.69, 9.17) is 56.5 Å². The highest BCUT2D eigenvalue weighted by Gasteiger charge is 2.93. The van der Waals surface area contributed by atoms with Crippen LogP contribution in [0.3, 0.4) is 0 Å². The Morgan fingerprint density at radius 3 is 2.33 bits per heavy atom. The predicted molar refractivity (Wildman–Crippen MR) is 208 cm³/mol. The second-order valence-corrected chi connectivity index (χ2v) is 23.4. The van der Waals surface area contributed by atoms with Gasteiger partial charge in [-0.1, -0.05) is 20.8 Å². The van der Waals surface area contributed by atoms with Crippen molar-refractivity contribution in [1.82, 2.24) is 0 Å². The summed E-state index contributed by atoms with van der Waals surface area (Å²) in [7, 11) is 0.421. The van der Waals surface area contributed by atoms with Crippen molar-refractivity contribution in [3.8, 4) is 17.2 Å². The Kier molecular flexibility index (Phi) is 9.19. The van der Waals surface area contributed by atoms with E-state index in [-0.39, 0.29) is 52.5 Å². The number of phenols is 1. The summed E-state index contributed by atoms with van der Waals surface area (Å²) in [6.07, 6.45) is -10.0. The number of carbonyl (C=O) groups excluding carboxylic acids is 3. The van der Waals surface area contributed by atoms with Crippen molar-refractivity contribution in [2.24, 2.45) is 0 Å². The lowest BCUT2D eigenvalue weighted by Gasteiger charge is -2.52. The molecule has 328 valence electrons. The van der Waals surface area contributed by atoms with Crippen molar-refractivity contribution in [1.29, 1.82) is 0 Å². The van der Waals surface area contributed by atoms with E-state index in [0.29, 0.717) is 16.5 Å². The van der Waals surface area contributed by atoms with Gasteiger partial charge in [0.15, 0.2) is 32.6 Å². The molecule has 2 N–H and O–H groups in total. The highest BCUT2D eigenvalue weighted by atomic mass is 28.4. The van der Waals surface area contributed by atoms with Gasteiger partial charge in [-0.3, -0.25) is 9.59 Å². The van der Waals surface area contributed by atoms with E-state index in [1.54, 1.807) is 26.8 Å². The first-order valence-corrected chi connectivity index (χ1v) is 23.4. The summed E-state index contributed by atoms with van der Waals surface area (Å²) in [5.74, 6) is -4.69. The molecule has 2 aromatic rings. The molecule has 5 saturated heterocycles. The molecule has 2 spiro atoms. The van der Waals surface area contributed by atoms with Crippen LogP contribution in [0, 0.1) is 6.92 Å². The largest absolute Gasteiger partial charge is 0.509 e. The topological polar surface area (TPSA) is 206 Å². The van der Waals surface area contributed by atoms with E-state index in [0.717, 1.165) is 0 Å². The molecule has 2 aromatic carbocycles. The van der Waals surface area contributed by atoms with E-state index in [2.05, 4.69) is 20.8 Å². The molecule has 8 unspecified atom stereocenters. The van der Waals surface area contributed by atoms with Crippen LogP contribution in [0.5, 0.6) is 17.2 Å². The molecule has 0 saturated carbocycles. The Bertz CT molecular complexity index is 2200. The number of aliphatic hydroxyl groups excluding tert-OH is 1. The summed E-state index contributed by atoms with van der Waals surface area (Å²) in [5, 5.41) is 24.5. The summed E-state index contributed by atoms with van der Waals surface area (Å²) in [4.78, 5) is 39.6. The molecule has 5 fully saturated rings. The summed E-state index contributed by atoms with van der Waals surface area (Å²) in [5.41, 5.74) is -1.76. The highest BCUT2D eigenvalue weighted by Crippen LogP contribution is 2.72. The van der Waals surface area contributed by atoms with Gasteiger partial charge in [-0.25, -0.2) is 4.79 Å². The Hall–Kier alpha value is -3.59. The van der Waals surface area contributed by atoms with Gasteiger partial charge in [-0.15, -0.1) is 0 Å². The van der Waals surface area contributed by atoms with Gasteiger partial charge >= 0.3 is 12.1 Å². The number of aryl methyl sites for hydroxylation is 1. The second kappa shape index (κ2) is 13.2. The van der Waals surface area contributed by atoms with Crippen LogP contribution in [0.1, 0.15) is 101 Å². The lowest BCUT2D eigenvalue weighted by molar-refractivity contribution is -0.377. The number of ether oxygens (including phenoxy) is 11. The average molecular weight is 859 g/mol. The van der Waals surface area contributed by atoms with Crippen LogP contribution in [-0.2, 0) is 51.9 Å². The van der Waals surface area contributed by atoms with Crippen LogP contribution in [-0.4, -0.2) is 123 Å². The minimum atomic E-state index is -2.54. The third-order valence-corrected chi connectivity index (χ3v) is 18.9. The van der Waals surface area contributed by atoms with Crippen molar-refractivity contribution in [3.05, 3.63) is 28.3 Å². The molecule has 60 heavy (non-hydrogen) atoms. The number of aromatic hydroxyl groups is 1. The number of phenolic OH excluding ortho intramolecular Hbond substituents is 1. The number of hydrogen-bond acceptors (Lipinski definition) is 17. The number of fused-ring (bicyclic) bond motifs is 8. The Morgan fingerprint density at radius 2 is 1.75 bits per heavy atom. The molecule has 6 heterocycles. The zero-order valence-electron chi connectivity index (χ0n) is 35.9. The maximum Gasteiger partial charge on any atom is 0.509 e. The van der Waals surface area contributed by atoms with Gasteiger partial charge in [0.1, 0.15) is 47.8 Å². The fraction of sp³-hybridized carbons (Fsp3) is 0.690. The maximum absolute atomic E-state index is 14.6. The molecule has 13 atom stereocenters. The summed E-state index contributed by atoms with van der Waals surface area (Å²) in [6.45, 7) is 18.4. The molecule has 9 rings (SSSR count). The summed E-state index contributed by atoms with van der Waals surface area (Å²) >= 11 is 0. The summed E-state index contributed by atoms with van der Waals surface area (Å²) < 4.78 is 76.2. The number of hydrogen-bond donors (Lipinski definition) is 2. The minimum absolute atomic E-state index is 0.0227. The first-order chi connectivity index (χ1) is 28.0. The van der Waals surface area contributed by atoms with Crippen LogP contribution in [0.25, 0.3) is 10.8 Å². The van der Waals surface area contributed by atoms with E-state index in [1.807, 2.05) is 20.0 Å². The molecule has 2 bridgehead atoms. The Morgan fingerprint density at radius 1 is 1.05 bits per heavy atom. The van der Waals surface area contributed by atoms with Crippen molar-refractivity contribution in [2.45, 2.75) is 164 Å². The van der Waals surface area contributed by atoms with Crippen molar-refractivity contribution < 1.29 is 81.1 Å². The number of Topliss-reactive ketones (excluding diaryl/α,β-unsaturated/α-hetero) is 1. The first kappa shape index (κ1) is 41.7. The third kappa shape index (κ3) is 5.22. The molecular weight excluding hydrogens is 805 g/mol. The maximum atomic E-state index is 14.6. The van der Waals surface area contributed by atoms with E-state index in [1.165, 1.54) is 21.1 Å². The van der Waals surface area contributed by atoms with Gasteiger partial charge < -0.3 is 66.7 Å². The third-order valence-electron chi connectivity index (χ3n) is 14.4. The average Bonchev–Trinajstić information content (AvgIpc) is 3.71. The van der Waals surface area contributed by atoms with Gasteiger partial charge in [0.05, 0.1) is 30.8 Å². The summed E-state index contributed by atoms with van der Waals surface area (Å²) in [6, 6.07) is 1.80. The second-order valence-electron chi connectivity index (χ2n) is 18.6. The van der Waals surface area contributed by atoms with Crippen LogP contribution in [0.4, 0.5) is 4.79 Å². The molecule has 0 radical (unpaired) electrons. The van der Waals surface area contributed by atoms with Gasteiger partial charge in [0, 0.05) is 43.4 Å². The van der Waals surface area contributed by atoms with Gasteiger partial charge in [-0.05, 0) is 57.5 Å². The fourth-order valence-corrected chi connectivity index (χ4v) is 11.6. The van der Waals surface area contributed by atoms with Crippen LogP contribution < -0.4 is 9.47 Å². The van der Waals surface area contributed by atoms with E-state index in [9.17, 15) is 24.6 Å². The molecule has 1 aliphatic carbocycles.